The van der Waals surface area contributed by atoms with Crippen LogP contribution in [0.25, 0.3) is 0 Å². The van der Waals surface area contributed by atoms with E-state index in [1.165, 1.54) is 16.5 Å². The van der Waals surface area contributed by atoms with E-state index in [1.807, 2.05) is 24.3 Å². The molecular weight excluding hydrogens is 356 g/mol. The molecule has 1 aliphatic rings. The van der Waals surface area contributed by atoms with Gasteiger partial charge in [0.15, 0.2) is 0 Å². The highest BCUT2D eigenvalue weighted by Gasteiger charge is 2.33. The standard InChI is InChI=1S/C22H30N2O4/c1-2-28-21(26)14-10-5-3-4-9-13-20-22(27)24(18-25)16-15-23(20)17-19-11-7-6-8-12-19/h6-8,10-12,14,18,20H,2-5,9,13,15-17H2,1H3/b14-10+. The maximum absolute atomic E-state index is 12.7. The van der Waals surface area contributed by atoms with Crippen LogP contribution in [-0.2, 0) is 25.7 Å². The van der Waals surface area contributed by atoms with E-state index in [1.54, 1.807) is 6.92 Å². The summed E-state index contributed by atoms with van der Waals surface area (Å²) in [5, 5.41) is 0. The lowest BCUT2D eigenvalue weighted by molar-refractivity contribution is -0.147. The number of amides is 2. The minimum atomic E-state index is -0.305. The number of ether oxygens (including phenoxy) is 1. The Morgan fingerprint density at radius 1 is 1.18 bits per heavy atom. The molecule has 0 radical (unpaired) electrons. The van der Waals surface area contributed by atoms with Gasteiger partial charge in [0.2, 0.25) is 12.3 Å². The van der Waals surface area contributed by atoms with Crippen LogP contribution in [0.1, 0.15) is 44.6 Å². The molecule has 6 nitrogen and oxygen atoms in total. The second kappa shape index (κ2) is 12.1. The van der Waals surface area contributed by atoms with Gasteiger partial charge in [0, 0.05) is 25.7 Å². The van der Waals surface area contributed by atoms with Crippen molar-refractivity contribution >= 4 is 18.3 Å². The van der Waals surface area contributed by atoms with E-state index in [-0.39, 0.29) is 17.9 Å². The quantitative estimate of drug-likeness (QED) is 0.253. The molecule has 1 unspecified atom stereocenters. The summed E-state index contributed by atoms with van der Waals surface area (Å²) in [6, 6.07) is 9.84. The highest BCUT2D eigenvalue weighted by Crippen LogP contribution is 2.20. The summed E-state index contributed by atoms with van der Waals surface area (Å²) in [5.74, 6) is -0.403. The van der Waals surface area contributed by atoms with Gasteiger partial charge in [-0.15, -0.1) is 0 Å². The molecule has 0 aliphatic carbocycles. The number of nitrogens with zero attached hydrogens (tertiary/aromatic N) is 2. The third-order valence-electron chi connectivity index (χ3n) is 4.88. The Hall–Kier alpha value is -2.47. The average Bonchev–Trinajstić information content (AvgIpc) is 2.70. The molecule has 0 spiro atoms. The monoisotopic (exact) mass is 386 g/mol. The van der Waals surface area contributed by atoms with Crippen molar-refractivity contribution in [3.63, 3.8) is 0 Å². The van der Waals surface area contributed by atoms with Crippen LogP contribution < -0.4 is 0 Å². The van der Waals surface area contributed by atoms with Crippen molar-refractivity contribution in [1.82, 2.24) is 9.80 Å². The van der Waals surface area contributed by atoms with E-state index in [9.17, 15) is 14.4 Å². The molecule has 6 heteroatoms. The molecule has 0 bridgehead atoms. The number of allylic oxidation sites excluding steroid dienone is 1. The summed E-state index contributed by atoms with van der Waals surface area (Å²) in [6.45, 7) is 4.03. The van der Waals surface area contributed by atoms with Crippen molar-refractivity contribution in [2.24, 2.45) is 0 Å². The normalized spacial score (nSPS) is 17.8. The number of esters is 1. The topological polar surface area (TPSA) is 66.9 Å². The first-order valence-corrected chi connectivity index (χ1v) is 10.0. The van der Waals surface area contributed by atoms with Gasteiger partial charge in [0.1, 0.15) is 0 Å². The van der Waals surface area contributed by atoms with Crippen LogP contribution in [0, 0.1) is 0 Å². The molecule has 0 N–H and O–H groups in total. The molecule has 1 fully saturated rings. The number of carbonyl (C=O) groups is 3. The predicted molar refractivity (Wildman–Crippen MR) is 107 cm³/mol. The van der Waals surface area contributed by atoms with Gasteiger partial charge in [-0.3, -0.25) is 19.4 Å². The van der Waals surface area contributed by atoms with Gasteiger partial charge in [-0.05, 0) is 31.7 Å². The third-order valence-corrected chi connectivity index (χ3v) is 4.88. The molecule has 152 valence electrons. The van der Waals surface area contributed by atoms with Gasteiger partial charge < -0.3 is 4.74 Å². The Kier molecular flexibility index (Phi) is 9.42. The fourth-order valence-corrected chi connectivity index (χ4v) is 3.41. The van der Waals surface area contributed by atoms with Crippen molar-refractivity contribution in [3.05, 3.63) is 48.0 Å². The highest BCUT2D eigenvalue weighted by molar-refractivity contribution is 5.90. The van der Waals surface area contributed by atoms with Crippen LogP contribution in [0.5, 0.6) is 0 Å². The molecule has 28 heavy (non-hydrogen) atoms. The number of carbonyl (C=O) groups excluding carboxylic acids is 3. The number of hydrogen-bond donors (Lipinski definition) is 0. The largest absolute Gasteiger partial charge is 0.463 e. The van der Waals surface area contributed by atoms with Gasteiger partial charge in [-0.25, -0.2) is 4.79 Å². The molecule has 1 aliphatic heterocycles. The van der Waals surface area contributed by atoms with Crippen LogP contribution >= 0.6 is 0 Å². The molecule has 0 saturated carbocycles. The number of benzene rings is 1. The molecule has 1 atom stereocenters. The first-order valence-electron chi connectivity index (χ1n) is 10.0. The van der Waals surface area contributed by atoms with Crippen LogP contribution in [0.4, 0.5) is 0 Å². The van der Waals surface area contributed by atoms with Gasteiger partial charge in [0.25, 0.3) is 0 Å². The van der Waals surface area contributed by atoms with Gasteiger partial charge in [-0.1, -0.05) is 49.2 Å². The number of rotatable bonds is 11. The number of piperazine rings is 1. The zero-order valence-corrected chi connectivity index (χ0v) is 16.6. The number of hydrogen-bond acceptors (Lipinski definition) is 5. The van der Waals surface area contributed by atoms with Crippen molar-refractivity contribution in [2.75, 3.05) is 19.7 Å². The molecule has 0 aromatic heterocycles. The maximum Gasteiger partial charge on any atom is 0.330 e. The number of unbranched alkanes of at least 4 members (excludes halogenated alkanes) is 3. The second-order valence-electron chi connectivity index (χ2n) is 6.90. The lowest BCUT2D eigenvalue weighted by Crippen LogP contribution is -2.56. The SMILES string of the molecule is CCOC(=O)/C=C/CCCCCC1C(=O)N(C=O)CCN1Cc1ccccc1. The fraction of sp³-hybridized carbons (Fsp3) is 0.500. The Balaban J connectivity index is 1.81. The maximum atomic E-state index is 12.7. The van der Waals surface area contributed by atoms with Crippen LogP contribution in [-0.4, -0.2) is 53.8 Å². The summed E-state index contributed by atoms with van der Waals surface area (Å²) in [7, 11) is 0. The average molecular weight is 386 g/mol. The zero-order chi connectivity index (χ0) is 20.2. The van der Waals surface area contributed by atoms with E-state index in [0.717, 1.165) is 32.1 Å². The summed E-state index contributed by atoms with van der Waals surface area (Å²) in [5.41, 5.74) is 1.17. The molecule has 2 rings (SSSR count). The summed E-state index contributed by atoms with van der Waals surface area (Å²) >= 11 is 0. The molecule has 2 amide bonds. The van der Waals surface area contributed by atoms with Crippen molar-refractivity contribution in [1.29, 1.82) is 0 Å². The molecule has 1 aromatic rings. The lowest BCUT2D eigenvalue weighted by Gasteiger charge is -2.38. The third kappa shape index (κ3) is 6.93. The molecule has 1 heterocycles. The van der Waals surface area contributed by atoms with Crippen molar-refractivity contribution < 1.29 is 19.1 Å². The first kappa shape index (κ1) is 21.8. The Morgan fingerprint density at radius 2 is 1.96 bits per heavy atom. The van der Waals surface area contributed by atoms with E-state index in [2.05, 4.69) is 17.0 Å². The molecule has 1 aromatic carbocycles. The van der Waals surface area contributed by atoms with E-state index < -0.39 is 0 Å². The summed E-state index contributed by atoms with van der Waals surface area (Å²) in [6.07, 6.45) is 8.32. The Labute approximate surface area is 167 Å². The molecule has 1 saturated heterocycles. The van der Waals surface area contributed by atoms with E-state index in [4.69, 9.17) is 4.74 Å². The minimum absolute atomic E-state index is 0.0978. The summed E-state index contributed by atoms with van der Waals surface area (Å²) in [4.78, 5) is 38.5. The van der Waals surface area contributed by atoms with Crippen LogP contribution in [0.2, 0.25) is 0 Å². The fourth-order valence-electron chi connectivity index (χ4n) is 3.41. The Morgan fingerprint density at radius 3 is 2.68 bits per heavy atom. The van der Waals surface area contributed by atoms with Gasteiger partial charge >= 0.3 is 5.97 Å². The van der Waals surface area contributed by atoms with E-state index in [0.29, 0.717) is 32.7 Å². The van der Waals surface area contributed by atoms with Crippen molar-refractivity contribution in [3.8, 4) is 0 Å². The smallest absolute Gasteiger partial charge is 0.330 e. The zero-order valence-electron chi connectivity index (χ0n) is 16.6. The first-order chi connectivity index (χ1) is 13.7. The Bertz CT molecular complexity index is 660. The molecular formula is C22H30N2O4. The van der Waals surface area contributed by atoms with Gasteiger partial charge in [-0.2, -0.15) is 0 Å². The summed E-state index contributed by atoms with van der Waals surface area (Å²) < 4.78 is 4.84. The van der Waals surface area contributed by atoms with Crippen LogP contribution in [0.15, 0.2) is 42.5 Å². The van der Waals surface area contributed by atoms with Crippen LogP contribution in [0.3, 0.4) is 0 Å². The number of imide groups is 1. The predicted octanol–water partition coefficient (Wildman–Crippen LogP) is 2.93. The van der Waals surface area contributed by atoms with Crippen molar-refractivity contribution in [2.45, 2.75) is 51.6 Å². The lowest BCUT2D eigenvalue weighted by atomic mass is 10.0. The van der Waals surface area contributed by atoms with Gasteiger partial charge in [0.05, 0.1) is 12.6 Å². The minimum Gasteiger partial charge on any atom is -0.463 e. The second-order valence-corrected chi connectivity index (χ2v) is 6.90. The van der Waals surface area contributed by atoms with E-state index >= 15 is 0 Å². The highest BCUT2D eigenvalue weighted by atomic mass is 16.5.